The minimum absolute atomic E-state index is 0.0621. The van der Waals surface area contributed by atoms with Crippen LogP contribution in [0.2, 0.25) is 0 Å². The molecule has 144 valence electrons. The van der Waals surface area contributed by atoms with Gasteiger partial charge in [0.05, 0.1) is 34.2 Å². The predicted octanol–water partition coefficient (Wildman–Crippen LogP) is 8.50. The molecule has 0 amide bonds. The third kappa shape index (κ3) is 3.20. The molecule has 1 heterocycles. The lowest BCUT2D eigenvalue weighted by molar-refractivity contribution is 0.591. The van der Waals surface area contributed by atoms with E-state index in [1.54, 1.807) is 0 Å². The molecular weight excluding hydrogens is 457 g/mol. The summed E-state index contributed by atoms with van der Waals surface area (Å²) in [4.78, 5) is 0. The average molecular weight is 483 g/mol. The number of nitrogens with zero attached hydrogens (tertiary/aromatic N) is 1. The molecule has 0 bridgehead atoms. The van der Waals surface area contributed by atoms with Gasteiger partial charge in [-0.05, 0) is 34.6 Å². The molecule has 1 aromatic heterocycles. The van der Waals surface area contributed by atoms with E-state index in [9.17, 15) is 0 Å². The molecule has 28 heavy (non-hydrogen) atoms. The zero-order valence-electron chi connectivity index (χ0n) is 17.1. The second-order valence-electron chi connectivity index (χ2n) is 8.68. The molecule has 0 saturated carbocycles. The maximum atomic E-state index is 6.50. The van der Waals surface area contributed by atoms with Crippen molar-refractivity contribution in [1.82, 2.24) is 0 Å². The van der Waals surface area contributed by atoms with E-state index in [1.165, 1.54) is 27.6 Å². The Kier molecular flexibility index (Phi) is 4.90. The summed E-state index contributed by atoms with van der Waals surface area (Å²) in [5.74, 6) is 0.421. The highest BCUT2D eigenvalue weighted by molar-refractivity contribution is 14.1. The van der Waals surface area contributed by atoms with Gasteiger partial charge in [0, 0.05) is 10.8 Å². The van der Waals surface area contributed by atoms with Crippen LogP contribution in [0.4, 0.5) is 11.4 Å². The summed E-state index contributed by atoms with van der Waals surface area (Å²) < 4.78 is 8.73. The van der Waals surface area contributed by atoms with Crippen LogP contribution in [0.3, 0.4) is 0 Å². The Bertz CT molecular complexity index is 1150. The summed E-state index contributed by atoms with van der Waals surface area (Å²) in [5.41, 5.74) is 6.88. The maximum Gasteiger partial charge on any atom is 0.159 e. The van der Waals surface area contributed by atoms with E-state index in [0.29, 0.717) is 5.92 Å². The van der Waals surface area contributed by atoms with Crippen LogP contribution in [0.25, 0.3) is 21.9 Å². The largest absolute Gasteiger partial charge is 0.454 e. The number of rotatable bonds is 3. The Morgan fingerprint density at radius 1 is 0.786 bits per heavy atom. The topological polar surface area (TPSA) is 16.4 Å². The Labute approximate surface area is 181 Å². The van der Waals surface area contributed by atoms with E-state index in [-0.39, 0.29) is 5.41 Å². The van der Waals surface area contributed by atoms with Crippen LogP contribution < -0.4 is 3.11 Å². The highest BCUT2D eigenvalue weighted by Gasteiger charge is 2.23. The molecule has 0 saturated heterocycles. The number of furan rings is 1. The third-order valence-corrected chi connectivity index (χ3v) is 6.33. The summed E-state index contributed by atoms with van der Waals surface area (Å²) in [6.07, 6.45) is 0. The van der Waals surface area contributed by atoms with Crippen molar-refractivity contribution in [3.63, 3.8) is 0 Å². The van der Waals surface area contributed by atoms with Crippen molar-refractivity contribution in [2.75, 3.05) is 3.11 Å². The number of para-hydroxylation sites is 3. The van der Waals surface area contributed by atoms with Crippen molar-refractivity contribution in [3.05, 3.63) is 71.8 Å². The Morgan fingerprint density at radius 2 is 1.39 bits per heavy atom. The molecule has 3 aromatic carbocycles. The molecule has 0 atom stereocenters. The smallest absolute Gasteiger partial charge is 0.159 e. The summed E-state index contributed by atoms with van der Waals surface area (Å²) in [6, 6.07) is 21.5. The van der Waals surface area contributed by atoms with Crippen LogP contribution in [0.15, 0.2) is 65.1 Å². The van der Waals surface area contributed by atoms with Gasteiger partial charge >= 0.3 is 0 Å². The van der Waals surface area contributed by atoms with Crippen LogP contribution in [0.5, 0.6) is 0 Å². The van der Waals surface area contributed by atoms with Gasteiger partial charge in [-0.3, -0.25) is 3.11 Å². The van der Waals surface area contributed by atoms with Crippen molar-refractivity contribution in [1.29, 1.82) is 0 Å². The van der Waals surface area contributed by atoms with Gasteiger partial charge in [0.2, 0.25) is 0 Å². The van der Waals surface area contributed by atoms with Gasteiger partial charge in [-0.2, -0.15) is 0 Å². The monoisotopic (exact) mass is 483 g/mol. The van der Waals surface area contributed by atoms with Gasteiger partial charge in [-0.25, -0.2) is 0 Å². The van der Waals surface area contributed by atoms with Gasteiger partial charge in [-0.15, -0.1) is 0 Å². The third-order valence-electron chi connectivity index (χ3n) is 5.29. The van der Waals surface area contributed by atoms with E-state index in [0.717, 1.165) is 16.9 Å². The van der Waals surface area contributed by atoms with Crippen LogP contribution in [-0.4, -0.2) is 0 Å². The normalized spacial score (nSPS) is 12.2. The van der Waals surface area contributed by atoms with E-state index < -0.39 is 0 Å². The number of halogens is 1. The Morgan fingerprint density at radius 3 is 2.07 bits per heavy atom. The molecular formula is C25H26INO. The molecule has 3 heteroatoms. The van der Waals surface area contributed by atoms with Crippen molar-refractivity contribution >= 4 is 56.2 Å². The molecule has 0 N–H and O–H groups in total. The number of anilines is 2. The van der Waals surface area contributed by atoms with Gasteiger partial charge in [-0.1, -0.05) is 83.1 Å². The van der Waals surface area contributed by atoms with Crippen LogP contribution in [0, 0.1) is 0 Å². The molecule has 0 aliphatic rings. The number of fused-ring (bicyclic) bond motifs is 3. The first-order valence-corrected chi connectivity index (χ1v) is 10.7. The lowest BCUT2D eigenvalue weighted by atomic mass is 9.86. The highest BCUT2D eigenvalue weighted by atomic mass is 127. The molecule has 0 unspecified atom stereocenters. The van der Waals surface area contributed by atoms with Gasteiger partial charge in [0.25, 0.3) is 0 Å². The molecule has 4 rings (SSSR count). The Hall–Kier alpha value is -2.01. The van der Waals surface area contributed by atoms with Crippen molar-refractivity contribution in [2.24, 2.45) is 0 Å². The Balaban J connectivity index is 1.96. The lowest BCUT2D eigenvalue weighted by Gasteiger charge is -2.27. The van der Waals surface area contributed by atoms with Crippen molar-refractivity contribution < 1.29 is 4.42 Å². The molecule has 0 spiro atoms. The predicted molar refractivity (Wildman–Crippen MR) is 129 cm³/mol. The van der Waals surface area contributed by atoms with Crippen molar-refractivity contribution in [3.8, 4) is 0 Å². The first kappa shape index (κ1) is 19.3. The highest BCUT2D eigenvalue weighted by Crippen LogP contribution is 2.43. The molecule has 2 nitrogen and oxygen atoms in total. The molecule has 0 aliphatic heterocycles. The summed E-state index contributed by atoms with van der Waals surface area (Å²) in [5, 5.41) is 2.36. The van der Waals surface area contributed by atoms with E-state index in [1.807, 2.05) is 0 Å². The fraction of sp³-hybridized carbons (Fsp3) is 0.280. The minimum Gasteiger partial charge on any atom is -0.454 e. The first-order valence-electron chi connectivity index (χ1n) is 9.78. The molecule has 4 aromatic rings. The maximum absolute atomic E-state index is 6.50. The van der Waals surface area contributed by atoms with Crippen LogP contribution in [0.1, 0.15) is 51.7 Å². The average Bonchev–Trinajstić information content (AvgIpc) is 3.05. The van der Waals surface area contributed by atoms with Crippen molar-refractivity contribution in [2.45, 2.75) is 46.0 Å². The van der Waals surface area contributed by atoms with Gasteiger partial charge in [0.15, 0.2) is 5.58 Å². The quantitative estimate of drug-likeness (QED) is 0.215. The lowest BCUT2D eigenvalue weighted by Crippen LogP contribution is -2.15. The zero-order chi connectivity index (χ0) is 20.1. The second-order valence-corrected chi connectivity index (χ2v) is 9.65. The van der Waals surface area contributed by atoms with Gasteiger partial charge < -0.3 is 4.42 Å². The minimum atomic E-state index is 0.0621. The molecule has 0 radical (unpaired) electrons. The first-order chi connectivity index (χ1) is 13.3. The number of hydrogen-bond acceptors (Lipinski definition) is 2. The fourth-order valence-electron chi connectivity index (χ4n) is 3.85. The van der Waals surface area contributed by atoms with E-state index in [2.05, 4.69) is 121 Å². The summed E-state index contributed by atoms with van der Waals surface area (Å²) in [6.45, 7) is 11.2. The second kappa shape index (κ2) is 7.11. The standard InChI is InChI=1S/C25H26INO/c1-16(2)17-10-8-11-18-19-12-9-15-22(24(19)28-23(17)18)27(26)21-14-7-6-13-20(21)25(3,4)5/h6-16H,1-5H3. The van der Waals surface area contributed by atoms with E-state index in [4.69, 9.17) is 4.42 Å². The van der Waals surface area contributed by atoms with E-state index >= 15 is 0 Å². The van der Waals surface area contributed by atoms with Gasteiger partial charge in [0.1, 0.15) is 5.58 Å². The number of hydrogen-bond donors (Lipinski definition) is 0. The van der Waals surface area contributed by atoms with Crippen LogP contribution >= 0.6 is 22.9 Å². The SMILES string of the molecule is CC(C)c1cccc2c1oc1c(N(I)c3ccccc3C(C)(C)C)cccc12. The van der Waals surface area contributed by atoms with Crippen LogP contribution in [-0.2, 0) is 5.41 Å². The number of benzene rings is 3. The summed E-state index contributed by atoms with van der Waals surface area (Å²) >= 11 is 2.41. The zero-order valence-corrected chi connectivity index (χ0v) is 19.2. The molecule has 0 aliphatic carbocycles. The molecule has 0 fully saturated rings. The summed E-state index contributed by atoms with van der Waals surface area (Å²) in [7, 11) is 0. The fourth-order valence-corrected chi connectivity index (χ4v) is 4.65.